The first-order chi connectivity index (χ1) is 7.66. The largest absolute Gasteiger partial charge is 0.342 e. The zero-order valence-corrected chi connectivity index (χ0v) is 11.5. The number of piperidine rings is 1. The van der Waals surface area contributed by atoms with Crippen molar-refractivity contribution in [1.29, 1.82) is 0 Å². The number of hydrogen-bond acceptors (Lipinski definition) is 3. The molecule has 0 aromatic carbocycles. The molecule has 16 heavy (non-hydrogen) atoms. The zero-order chi connectivity index (χ0) is 12.0. The first-order valence-electron chi connectivity index (χ1n) is 6.15. The summed E-state index contributed by atoms with van der Waals surface area (Å²) >= 11 is 1.84. The van der Waals surface area contributed by atoms with Gasteiger partial charge in [-0.15, -0.1) is 0 Å². The number of thioether (sulfide) groups is 1. The summed E-state index contributed by atoms with van der Waals surface area (Å²) in [4.78, 5) is 14.1. The number of carbonyl (C=O) groups is 1. The van der Waals surface area contributed by atoms with Crippen LogP contribution in [0.1, 0.15) is 32.6 Å². The van der Waals surface area contributed by atoms with E-state index >= 15 is 0 Å². The van der Waals surface area contributed by atoms with Gasteiger partial charge in [0, 0.05) is 13.1 Å². The number of hydrogen-bond donors (Lipinski definition) is 1. The molecule has 1 aliphatic rings. The molecule has 0 radical (unpaired) electrons. The van der Waals surface area contributed by atoms with Gasteiger partial charge in [-0.25, -0.2) is 0 Å². The van der Waals surface area contributed by atoms with Gasteiger partial charge >= 0.3 is 0 Å². The Kier molecular flexibility index (Phi) is 6.21. The van der Waals surface area contributed by atoms with Crippen LogP contribution in [0.4, 0.5) is 0 Å². The van der Waals surface area contributed by atoms with Crippen molar-refractivity contribution in [2.45, 2.75) is 44.7 Å². The highest BCUT2D eigenvalue weighted by Crippen LogP contribution is 2.12. The van der Waals surface area contributed by atoms with Crippen LogP contribution in [0.25, 0.3) is 0 Å². The van der Waals surface area contributed by atoms with Gasteiger partial charge in [0.2, 0.25) is 5.91 Å². The molecular weight excluding hydrogens is 220 g/mol. The fraction of sp³-hybridized carbons (Fsp3) is 0.917. The Balaban J connectivity index is 2.38. The Hall–Kier alpha value is -0.220. The van der Waals surface area contributed by atoms with Crippen LogP contribution < -0.4 is 5.32 Å². The minimum Gasteiger partial charge on any atom is -0.342 e. The normalized spacial score (nSPS) is 22.8. The van der Waals surface area contributed by atoms with E-state index in [1.165, 1.54) is 12.8 Å². The summed E-state index contributed by atoms with van der Waals surface area (Å²) in [5, 5.41) is 3.31. The predicted molar refractivity (Wildman–Crippen MR) is 70.9 cm³/mol. The average molecular weight is 244 g/mol. The van der Waals surface area contributed by atoms with Crippen molar-refractivity contribution < 1.29 is 4.79 Å². The molecule has 2 atom stereocenters. The molecule has 0 aromatic rings. The quantitative estimate of drug-likeness (QED) is 0.799. The number of rotatable bonds is 5. The van der Waals surface area contributed by atoms with E-state index < -0.39 is 0 Å². The smallest absolute Gasteiger partial charge is 0.239 e. The molecule has 3 nitrogen and oxygen atoms in total. The lowest BCUT2D eigenvalue weighted by Gasteiger charge is -2.31. The fourth-order valence-electron chi connectivity index (χ4n) is 2.01. The molecule has 1 rings (SSSR count). The molecule has 1 amide bonds. The molecule has 0 saturated carbocycles. The molecule has 1 saturated heterocycles. The summed E-state index contributed by atoms with van der Waals surface area (Å²) in [6.45, 7) is 3.13. The average Bonchev–Trinajstić information content (AvgIpc) is 2.35. The third-order valence-corrected chi connectivity index (χ3v) is 4.00. The van der Waals surface area contributed by atoms with Crippen molar-refractivity contribution in [3.8, 4) is 0 Å². The monoisotopic (exact) mass is 244 g/mol. The van der Waals surface area contributed by atoms with E-state index in [1.54, 1.807) is 0 Å². The van der Waals surface area contributed by atoms with Crippen molar-refractivity contribution in [1.82, 2.24) is 10.2 Å². The van der Waals surface area contributed by atoms with Gasteiger partial charge in [0.05, 0.1) is 6.04 Å². The molecule has 0 aliphatic carbocycles. The predicted octanol–water partition coefficient (Wildman–Crippen LogP) is 1.73. The van der Waals surface area contributed by atoms with Crippen LogP contribution in [0.5, 0.6) is 0 Å². The van der Waals surface area contributed by atoms with Crippen molar-refractivity contribution in [3.05, 3.63) is 0 Å². The first kappa shape index (κ1) is 13.8. The van der Waals surface area contributed by atoms with Crippen LogP contribution in [-0.2, 0) is 4.79 Å². The Morgan fingerprint density at radius 1 is 1.56 bits per heavy atom. The summed E-state index contributed by atoms with van der Waals surface area (Å²) < 4.78 is 0. The van der Waals surface area contributed by atoms with Gasteiger partial charge in [-0.3, -0.25) is 4.79 Å². The Morgan fingerprint density at radius 2 is 2.31 bits per heavy atom. The summed E-state index contributed by atoms with van der Waals surface area (Å²) in [6.07, 6.45) is 6.57. The number of carbonyl (C=O) groups excluding carboxylic acids is 1. The minimum atomic E-state index is 0.0653. The molecule has 1 fully saturated rings. The highest BCUT2D eigenvalue weighted by Gasteiger charge is 2.25. The van der Waals surface area contributed by atoms with Gasteiger partial charge in [-0.1, -0.05) is 6.42 Å². The van der Waals surface area contributed by atoms with E-state index in [-0.39, 0.29) is 11.9 Å². The molecule has 94 valence electrons. The highest BCUT2D eigenvalue weighted by molar-refractivity contribution is 7.98. The van der Waals surface area contributed by atoms with E-state index in [4.69, 9.17) is 0 Å². The van der Waals surface area contributed by atoms with E-state index in [2.05, 4.69) is 18.5 Å². The Labute approximate surface area is 103 Å². The highest BCUT2D eigenvalue weighted by atomic mass is 32.2. The Morgan fingerprint density at radius 3 is 2.88 bits per heavy atom. The molecule has 0 aromatic heterocycles. The number of nitrogens with zero attached hydrogens (tertiary/aromatic N) is 1. The van der Waals surface area contributed by atoms with Crippen molar-refractivity contribution >= 4 is 17.7 Å². The maximum atomic E-state index is 12.2. The van der Waals surface area contributed by atoms with Crippen LogP contribution in [0.3, 0.4) is 0 Å². The fourth-order valence-corrected chi connectivity index (χ4v) is 2.58. The number of nitrogens with one attached hydrogen (secondary N) is 1. The molecular formula is C12H24N2OS. The third kappa shape index (κ3) is 3.98. The molecule has 4 heteroatoms. The lowest BCUT2D eigenvalue weighted by atomic mass is 10.0. The molecule has 0 bridgehead atoms. The summed E-state index contributed by atoms with van der Waals surface area (Å²) in [6, 6.07) is 0.416. The number of likely N-dealkylation sites (N-methyl/N-ethyl adjacent to an activating group) is 1. The van der Waals surface area contributed by atoms with E-state index in [1.807, 2.05) is 23.7 Å². The molecule has 2 unspecified atom stereocenters. The van der Waals surface area contributed by atoms with Gasteiger partial charge in [0.1, 0.15) is 0 Å². The van der Waals surface area contributed by atoms with Crippen LogP contribution >= 0.6 is 11.8 Å². The van der Waals surface area contributed by atoms with Crippen LogP contribution in [0.2, 0.25) is 0 Å². The van der Waals surface area contributed by atoms with Crippen LogP contribution in [0.15, 0.2) is 0 Å². The van der Waals surface area contributed by atoms with Crippen LogP contribution in [0, 0.1) is 0 Å². The lowest BCUT2D eigenvalue weighted by Crippen LogP contribution is -2.49. The maximum Gasteiger partial charge on any atom is 0.239 e. The van der Waals surface area contributed by atoms with Crippen molar-refractivity contribution in [2.24, 2.45) is 0 Å². The van der Waals surface area contributed by atoms with Gasteiger partial charge in [-0.05, 0) is 44.7 Å². The van der Waals surface area contributed by atoms with Crippen molar-refractivity contribution in [3.63, 3.8) is 0 Å². The van der Waals surface area contributed by atoms with E-state index in [9.17, 15) is 4.79 Å². The maximum absolute atomic E-state index is 12.2. The summed E-state index contributed by atoms with van der Waals surface area (Å²) in [5.41, 5.74) is 0. The minimum absolute atomic E-state index is 0.0653. The van der Waals surface area contributed by atoms with Gasteiger partial charge in [0.25, 0.3) is 0 Å². The topological polar surface area (TPSA) is 32.3 Å². The van der Waals surface area contributed by atoms with Gasteiger partial charge in [0.15, 0.2) is 0 Å². The first-order valence-corrected chi connectivity index (χ1v) is 7.55. The second-order valence-electron chi connectivity index (χ2n) is 4.58. The zero-order valence-electron chi connectivity index (χ0n) is 10.7. The second kappa shape index (κ2) is 7.17. The summed E-state index contributed by atoms with van der Waals surface area (Å²) in [7, 11) is 1.93. The third-order valence-electron chi connectivity index (χ3n) is 3.36. The molecule has 1 aliphatic heterocycles. The number of amides is 1. The second-order valence-corrected chi connectivity index (χ2v) is 5.57. The van der Waals surface area contributed by atoms with Gasteiger partial charge in [-0.2, -0.15) is 11.8 Å². The molecule has 0 spiro atoms. The van der Waals surface area contributed by atoms with E-state index in [0.717, 1.165) is 25.1 Å². The van der Waals surface area contributed by atoms with E-state index in [0.29, 0.717) is 6.04 Å². The van der Waals surface area contributed by atoms with Crippen molar-refractivity contribution in [2.75, 3.05) is 25.6 Å². The van der Waals surface area contributed by atoms with Gasteiger partial charge < -0.3 is 10.2 Å². The Bertz CT molecular complexity index is 217. The molecule has 1 heterocycles. The molecule has 1 N–H and O–H groups in total. The SMILES string of the molecule is CSCCC(C)N(C)C(=O)C1CCCCN1. The standard InChI is InChI=1S/C12H24N2OS/c1-10(7-9-16-3)14(2)12(15)11-6-4-5-8-13-11/h10-11,13H,4-9H2,1-3H3. The summed E-state index contributed by atoms with van der Waals surface area (Å²) in [5.74, 6) is 1.39. The van der Waals surface area contributed by atoms with Crippen LogP contribution in [-0.4, -0.2) is 48.5 Å². The lowest BCUT2D eigenvalue weighted by molar-refractivity contribution is -0.134.